The first-order chi connectivity index (χ1) is 13.5. The summed E-state index contributed by atoms with van der Waals surface area (Å²) in [6, 6.07) is 7.89. The van der Waals surface area contributed by atoms with Gasteiger partial charge in [-0.3, -0.25) is 24.6 Å². The highest BCUT2D eigenvalue weighted by Gasteiger charge is 2.32. The third-order valence-electron chi connectivity index (χ3n) is 4.88. The van der Waals surface area contributed by atoms with Gasteiger partial charge in [-0.1, -0.05) is 18.2 Å². The maximum absolute atomic E-state index is 12.7. The smallest absolute Gasteiger partial charge is 0.265 e. The number of carbonyl (C=O) groups excluding carboxylic acids is 3. The summed E-state index contributed by atoms with van der Waals surface area (Å²) in [6.45, 7) is 2.35. The second-order valence-corrected chi connectivity index (χ2v) is 7.32. The minimum absolute atomic E-state index is 0.0285. The van der Waals surface area contributed by atoms with Gasteiger partial charge in [0.1, 0.15) is 12.1 Å². The maximum Gasteiger partial charge on any atom is 0.265 e. The number of benzene rings is 1. The zero-order valence-corrected chi connectivity index (χ0v) is 16.2. The van der Waals surface area contributed by atoms with Gasteiger partial charge in [-0.25, -0.2) is 0 Å². The molecule has 0 unspecified atom stereocenters. The summed E-state index contributed by atoms with van der Waals surface area (Å²) in [7, 11) is 0. The lowest BCUT2D eigenvalue weighted by molar-refractivity contribution is -0.128. The van der Waals surface area contributed by atoms with Crippen molar-refractivity contribution in [3.8, 4) is 0 Å². The number of nitrogens with one attached hydrogen (secondary N) is 2. The molecule has 144 valence electrons. The molecule has 1 saturated heterocycles. The predicted octanol–water partition coefficient (Wildman–Crippen LogP) is 1.57. The van der Waals surface area contributed by atoms with Gasteiger partial charge in [0.25, 0.3) is 11.8 Å². The fourth-order valence-corrected chi connectivity index (χ4v) is 3.62. The Hall–Kier alpha value is -3.00. The minimum Gasteiger partial charge on any atom is -0.352 e. The number of hydrogen-bond acceptors (Lipinski definition) is 4. The zero-order chi connectivity index (χ0) is 19.8. The molecule has 4 rings (SSSR count). The first-order valence-corrected chi connectivity index (χ1v) is 9.65. The summed E-state index contributed by atoms with van der Waals surface area (Å²) >= 11 is 5.06. The predicted molar refractivity (Wildman–Crippen MR) is 109 cm³/mol. The average Bonchev–Trinajstić information content (AvgIpc) is 3.40. The first kappa shape index (κ1) is 18.4. The van der Waals surface area contributed by atoms with E-state index in [9.17, 15) is 14.4 Å². The number of likely N-dealkylation sites (N-methyl/N-ethyl adjacent to an activating group) is 1. The van der Waals surface area contributed by atoms with Crippen molar-refractivity contribution < 1.29 is 14.4 Å². The Morgan fingerprint density at radius 2 is 2.07 bits per heavy atom. The quantitative estimate of drug-likeness (QED) is 0.457. The topological polar surface area (TPSA) is 83.4 Å². The Labute approximate surface area is 167 Å². The number of amides is 3. The number of aromatic nitrogens is 1. The van der Waals surface area contributed by atoms with E-state index in [1.165, 1.54) is 4.90 Å². The first-order valence-electron chi connectivity index (χ1n) is 9.24. The standard InChI is InChI=1S/C20H20N4O3S/c1-2-24-19(27)15(18(26)22-20(24)28)9-12-10-23(11-17(25)21-13-7-8-13)16-6-4-3-5-14(12)16/h3-6,9-10,13H,2,7-8,11H2,1H3,(H,21,25)(H,22,26,28)/b15-9+. The van der Waals surface area contributed by atoms with Gasteiger partial charge in [0.15, 0.2) is 5.11 Å². The van der Waals surface area contributed by atoms with Gasteiger partial charge in [-0.2, -0.15) is 0 Å². The molecule has 7 nitrogen and oxygen atoms in total. The number of fused-ring (bicyclic) bond motifs is 1. The van der Waals surface area contributed by atoms with Crippen LogP contribution in [0.3, 0.4) is 0 Å². The molecular formula is C20H20N4O3S. The highest BCUT2D eigenvalue weighted by Crippen LogP contribution is 2.25. The van der Waals surface area contributed by atoms with E-state index in [2.05, 4.69) is 10.6 Å². The largest absolute Gasteiger partial charge is 0.352 e. The Morgan fingerprint density at radius 3 is 2.79 bits per heavy atom. The number of hydrogen-bond donors (Lipinski definition) is 2. The number of thiocarbonyl (C=S) groups is 1. The van der Waals surface area contributed by atoms with E-state index >= 15 is 0 Å². The lowest BCUT2D eigenvalue weighted by atomic mass is 10.1. The third-order valence-corrected chi connectivity index (χ3v) is 5.20. The zero-order valence-electron chi connectivity index (χ0n) is 15.4. The van der Waals surface area contributed by atoms with Crippen LogP contribution in [0.1, 0.15) is 25.3 Å². The van der Waals surface area contributed by atoms with Crippen LogP contribution in [-0.4, -0.2) is 44.9 Å². The van der Waals surface area contributed by atoms with Crippen LogP contribution in [0.2, 0.25) is 0 Å². The van der Waals surface area contributed by atoms with E-state index in [4.69, 9.17) is 12.2 Å². The fraction of sp³-hybridized carbons (Fsp3) is 0.300. The van der Waals surface area contributed by atoms with Gasteiger partial charge < -0.3 is 9.88 Å². The Kier molecular flexibility index (Phi) is 4.72. The van der Waals surface area contributed by atoms with Crippen molar-refractivity contribution in [2.24, 2.45) is 0 Å². The van der Waals surface area contributed by atoms with Crippen molar-refractivity contribution >= 4 is 52.0 Å². The Morgan fingerprint density at radius 1 is 1.32 bits per heavy atom. The van der Waals surface area contributed by atoms with Crippen LogP contribution in [0.4, 0.5) is 0 Å². The maximum atomic E-state index is 12.7. The molecule has 0 bridgehead atoms. The van der Waals surface area contributed by atoms with Gasteiger partial charge in [0.05, 0.1) is 0 Å². The van der Waals surface area contributed by atoms with Gasteiger partial charge in [0.2, 0.25) is 5.91 Å². The molecule has 0 radical (unpaired) electrons. The number of rotatable bonds is 5. The van der Waals surface area contributed by atoms with Crippen LogP contribution >= 0.6 is 12.2 Å². The van der Waals surface area contributed by atoms with Gasteiger partial charge >= 0.3 is 0 Å². The number of nitrogens with zero attached hydrogens (tertiary/aromatic N) is 2. The van der Waals surface area contributed by atoms with Crippen molar-refractivity contribution in [3.63, 3.8) is 0 Å². The SMILES string of the molecule is CCN1C(=O)/C(=C/c2cn(CC(=O)NC3CC3)c3ccccc23)C(=O)NC1=S. The molecule has 2 heterocycles. The number of para-hydroxylation sites is 1. The highest BCUT2D eigenvalue weighted by molar-refractivity contribution is 7.80. The Balaban J connectivity index is 1.71. The highest BCUT2D eigenvalue weighted by atomic mass is 32.1. The minimum atomic E-state index is -0.511. The third kappa shape index (κ3) is 3.43. The molecule has 2 fully saturated rings. The van der Waals surface area contributed by atoms with Crippen molar-refractivity contribution in [1.29, 1.82) is 0 Å². The molecular weight excluding hydrogens is 376 g/mol. The van der Waals surface area contributed by atoms with E-state index in [0.29, 0.717) is 18.2 Å². The van der Waals surface area contributed by atoms with E-state index in [1.807, 2.05) is 28.8 Å². The molecule has 1 saturated carbocycles. The molecule has 28 heavy (non-hydrogen) atoms. The number of carbonyl (C=O) groups is 3. The second-order valence-electron chi connectivity index (χ2n) is 6.94. The van der Waals surface area contributed by atoms with E-state index in [1.54, 1.807) is 19.2 Å². The van der Waals surface area contributed by atoms with Crippen LogP contribution in [0, 0.1) is 0 Å². The molecule has 2 aliphatic rings. The van der Waals surface area contributed by atoms with E-state index < -0.39 is 11.8 Å². The summed E-state index contributed by atoms with van der Waals surface area (Å²) in [5, 5.41) is 6.52. The van der Waals surface area contributed by atoms with Crippen molar-refractivity contribution in [2.75, 3.05) is 6.54 Å². The lowest BCUT2D eigenvalue weighted by Crippen LogP contribution is -2.53. The molecule has 1 aromatic carbocycles. The Bertz CT molecular complexity index is 1040. The van der Waals surface area contributed by atoms with Crippen LogP contribution in [0.5, 0.6) is 0 Å². The lowest BCUT2D eigenvalue weighted by Gasteiger charge is -2.27. The summed E-state index contributed by atoms with van der Waals surface area (Å²) in [4.78, 5) is 38.6. The monoisotopic (exact) mass is 396 g/mol. The molecule has 1 aliphatic heterocycles. The summed E-state index contributed by atoms with van der Waals surface area (Å²) in [5.74, 6) is -0.973. The van der Waals surface area contributed by atoms with E-state index in [0.717, 1.165) is 23.7 Å². The van der Waals surface area contributed by atoms with Crippen molar-refractivity contribution in [3.05, 3.63) is 41.6 Å². The second kappa shape index (κ2) is 7.20. The molecule has 0 atom stereocenters. The van der Waals surface area contributed by atoms with Crippen molar-refractivity contribution in [1.82, 2.24) is 20.1 Å². The fourth-order valence-electron chi connectivity index (χ4n) is 3.31. The van der Waals surface area contributed by atoms with Gasteiger partial charge in [0, 0.05) is 35.2 Å². The summed E-state index contributed by atoms with van der Waals surface area (Å²) in [6.07, 6.45) is 5.43. The normalized spacial score (nSPS) is 18.7. The van der Waals surface area contributed by atoms with Crippen LogP contribution < -0.4 is 10.6 Å². The molecule has 2 aromatic rings. The average molecular weight is 396 g/mol. The van der Waals surface area contributed by atoms with Gasteiger partial charge in [-0.15, -0.1) is 0 Å². The van der Waals surface area contributed by atoms with E-state index in [-0.39, 0.29) is 23.1 Å². The van der Waals surface area contributed by atoms with Crippen LogP contribution in [-0.2, 0) is 20.9 Å². The summed E-state index contributed by atoms with van der Waals surface area (Å²) in [5.41, 5.74) is 1.60. The molecule has 2 N–H and O–H groups in total. The molecule has 1 aliphatic carbocycles. The molecule has 1 aromatic heterocycles. The van der Waals surface area contributed by atoms with Gasteiger partial charge in [-0.05, 0) is 44.1 Å². The van der Waals surface area contributed by atoms with Crippen LogP contribution in [0.15, 0.2) is 36.0 Å². The molecule has 0 spiro atoms. The van der Waals surface area contributed by atoms with Crippen LogP contribution in [0.25, 0.3) is 17.0 Å². The van der Waals surface area contributed by atoms with Crippen molar-refractivity contribution in [2.45, 2.75) is 32.4 Å². The molecule has 3 amide bonds. The molecule has 8 heteroatoms. The summed E-state index contributed by atoms with van der Waals surface area (Å²) < 4.78 is 1.84.